The van der Waals surface area contributed by atoms with E-state index in [-0.39, 0.29) is 6.42 Å². The normalized spacial score (nSPS) is 11.4. The minimum absolute atomic E-state index is 0.0803. The van der Waals surface area contributed by atoms with Crippen molar-refractivity contribution in [1.82, 2.24) is 5.32 Å². The van der Waals surface area contributed by atoms with Crippen LogP contribution in [-0.2, 0) is 9.59 Å². The van der Waals surface area contributed by atoms with Gasteiger partial charge in [-0.3, -0.25) is 4.79 Å². The number of aliphatic carboxylic acids is 1. The number of nitrogens with one attached hydrogen (secondary N) is 1. The minimum Gasteiger partial charge on any atom is -0.480 e. The Kier molecular flexibility index (Phi) is 6.68. The molecule has 0 rings (SSSR count). The first kappa shape index (κ1) is 12.8. The van der Waals surface area contributed by atoms with Crippen molar-refractivity contribution >= 4 is 23.6 Å². The summed E-state index contributed by atoms with van der Waals surface area (Å²) in [7, 11) is 0. The molecule has 14 heavy (non-hydrogen) atoms. The van der Waals surface area contributed by atoms with Gasteiger partial charge in [0.15, 0.2) is 0 Å². The summed E-state index contributed by atoms with van der Waals surface area (Å²) < 4.78 is 0. The molecule has 78 valence electrons. The lowest BCUT2D eigenvalue weighted by Crippen LogP contribution is -2.40. The number of amides is 1. The number of hydrogen-bond donors (Lipinski definition) is 2. The van der Waals surface area contributed by atoms with Gasteiger partial charge in [0.05, 0.1) is 6.42 Å². The van der Waals surface area contributed by atoms with Crippen LogP contribution in [0.25, 0.3) is 0 Å². The third kappa shape index (κ3) is 5.49. The van der Waals surface area contributed by atoms with E-state index >= 15 is 0 Å². The molecule has 0 radical (unpaired) electrons. The summed E-state index contributed by atoms with van der Waals surface area (Å²) in [6.07, 6.45) is 7.13. The van der Waals surface area contributed by atoms with Gasteiger partial charge in [-0.15, -0.1) is 6.42 Å². The second-order valence-electron chi connectivity index (χ2n) is 2.62. The summed E-state index contributed by atoms with van der Waals surface area (Å²) in [5, 5.41) is 11.1. The highest BCUT2D eigenvalue weighted by atomic mass is 32.2. The quantitative estimate of drug-likeness (QED) is 0.627. The van der Waals surface area contributed by atoms with E-state index in [1.165, 1.54) is 11.8 Å². The Hall–Kier alpha value is -1.15. The van der Waals surface area contributed by atoms with Gasteiger partial charge in [0.1, 0.15) is 6.04 Å². The van der Waals surface area contributed by atoms with Crippen LogP contribution in [0.4, 0.5) is 0 Å². The first-order valence-corrected chi connectivity index (χ1v) is 5.45. The Morgan fingerprint density at radius 2 is 2.29 bits per heavy atom. The van der Waals surface area contributed by atoms with Crippen molar-refractivity contribution in [3.05, 3.63) is 0 Å². The van der Waals surface area contributed by atoms with E-state index in [0.717, 1.165) is 0 Å². The van der Waals surface area contributed by atoms with Gasteiger partial charge >= 0.3 is 5.97 Å². The molecule has 0 bridgehead atoms. The van der Waals surface area contributed by atoms with E-state index in [1.54, 1.807) is 0 Å². The molecule has 0 aromatic carbocycles. The SMILES string of the molecule is C#CCC(=O)N[C@H](CCSC)C(=O)O. The molecule has 0 spiro atoms. The maximum absolute atomic E-state index is 11.0. The highest BCUT2D eigenvalue weighted by Crippen LogP contribution is 2.01. The van der Waals surface area contributed by atoms with Crippen molar-refractivity contribution in [3.8, 4) is 12.3 Å². The molecular weight excluding hydrogens is 202 g/mol. The molecule has 0 fully saturated rings. The molecule has 0 heterocycles. The number of carboxylic acid groups (broad SMARTS) is 1. The summed E-state index contributed by atoms with van der Waals surface area (Å²) >= 11 is 1.53. The lowest BCUT2D eigenvalue weighted by molar-refractivity contribution is -0.141. The van der Waals surface area contributed by atoms with Crippen LogP contribution >= 0.6 is 11.8 Å². The average molecular weight is 215 g/mol. The van der Waals surface area contributed by atoms with Gasteiger partial charge < -0.3 is 10.4 Å². The zero-order chi connectivity index (χ0) is 11.0. The van der Waals surface area contributed by atoms with Crippen LogP contribution in [0.15, 0.2) is 0 Å². The monoisotopic (exact) mass is 215 g/mol. The Balaban J connectivity index is 4.03. The zero-order valence-electron chi connectivity index (χ0n) is 7.95. The van der Waals surface area contributed by atoms with Crippen molar-refractivity contribution in [2.45, 2.75) is 18.9 Å². The van der Waals surface area contributed by atoms with Crippen LogP contribution in [-0.4, -0.2) is 35.0 Å². The first-order chi connectivity index (χ1) is 6.61. The second kappa shape index (κ2) is 7.27. The lowest BCUT2D eigenvalue weighted by atomic mass is 10.2. The van der Waals surface area contributed by atoms with Crippen LogP contribution in [0.3, 0.4) is 0 Å². The standard InChI is InChI=1S/C9H13NO3S/c1-3-4-8(11)10-7(9(12)13)5-6-14-2/h1,7H,4-6H2,2H3,(H,10,11)(H,12,13)/t7-/m1/s1. The van der Waals surface area contributed by atoms with Crippen molar-refractivity contribution < 1.29 is 14.7 Å². The van der Waals surface area contributed by atoms with Gasteiger partial charge in [-0.1, -0.05) is 5.92 Å². The van der Waals surface area contributed by atoms with Crippen LogP contribution in [0.5, 0.6) is 0 Å². The number of terminal acetylenes is 1. The Morgan fingerprint density at radius 1 is 1.64 bits per heavy atom. The van der Waals surface area contributed by atoms with Crippen LogP contribution in [0.2, 0.25) is 0 Å². The van der Waals surface area contributed by atoms with Crippen molar-refractivity contribution in [2.24, 2.45) is 0 Å². The predicted molar refractivity (Wildman–Crippen MR) is 56.0 cm³/mol. The van der Waals surface area contributed by atoms with Crippen molar-refractivity contribution in [3.63, 3.8) is 0 Å². The third-order valence-corrected chi connectivity index (χ3v) is 2.15. The van der Waals surface area contributed by atoms with E-state index in [9.17, 15) is 9.59 Å². The molecule has 2 N–H and O–H groups in total. The zero-order valence-corrected chi connectivity index (χ0v) is 8.76. The molecule has 0 aliphatic heterocycles. The number of carbonyl (C=O) groups is 2. The van der Waals surface area contributed by atoms with Crippen molar-refractivity contribution in [1.29, 1.82) is 0 Å². The number of rotatable bonds is 6. The molecule has 1 atom stereocenters. The summed E-state index contributed by atoms with van der Waals surface area (Å²) in [4.78, 5) is 21.7. The fourth-order valence-electron chi connectivity index (χ4n) is 0.831. The maximum Gasteiger partial charge on any atom is 0.326 e. The van der Waals surface area contributed by atoms with E-state index in [2.05, 4.69) is 11.2 Å². The Labute approximate surface area is 87.4 Å². The molecule has 0 aromatic heterocycles. The van der Waals surface area contributed by atoms with Gasteiger partial charge in [0, 0.05) is 0 Å². The topological polar surface area (TPSA) is 66.4 Å². The fraction of sp³-hybridized carbons (Fsp3) is 0.556. The van der Waals surface area contributed by atoms with E-state index in [0.29, 0.717) is 12.2 Å². The van der Waals surface area contributed by atoms with Crippen LogP contribution in [0, 0.1) is 12.3 Å². The van der Waals surface area contributed by atoms with Gasteiger partial charge in [-0.25, -0.2) is 4.79 Å². The first-order valence-electron chi connectivity index (χ1n) is 4.06. The summed E-state index contributed by atoms with van der Waals surface area (Å²) in [5.74, 6) is 1.41. The summed E-state index contributed by atoms with van der Waals surface area (Å²) in [6.45, 7) is 0. The number of hydrogen-bond acceptors (Lipinski definition) is 3. The highest BCUT2D eigenvalue weighted by molar-refractivity contribution is 7.98. The van der Waals surface area contributed by atoms with Crippen LogP contribution in [0.1, 0.15) is 12.8 Å². The number of carboxylic acids is 1. The second-order valence-corrected chi connectivity index (χ2v) is 3.61. The number of carbonyl (C=O) groups excluding carboxylic acids is 1. The number of thioether (sulfide) groups is 1. The smallest absolute Gasteiger partial charge is 0.326 e. The molecule has 0 saturated heterocycles. The molecule has 0 unspecified atom stereocenters. The fourth-order valence-corrected chi connectivity index (χ4v) is 1.30. The molecule has 0 aliphatic rings. The molecular formula is C9H13NO3S. The molecule has 1 amide bonds. The summed E-state index contributed by atoms with van der Waals surface area (Å²) in [6, 6.07) is -0.830. The minimum atomic E-state index is -1.02. The molecule has 0 saturated carbocycles. The largest absolute Gasteiger partial charge is 0.480 e. The third-order valence-electron chi connectivity index (χ3n) is 1.51. The maximum atomic E-state index is 11.0. The van der Waals surface area contributed by atoms with E-state index in [1.807, 2.05) is 6.26 Å². The van der Waals surface area contributed by atoms with Crippen molar-refractivity contribution in [2.75, 3.05) is 12.0 Å². The van der Waals surface area contributed by atoms with Crippen LogP contribution < -0.4 is 5.32 Å². The highest BCUT2D eigenvalue weighted by Gasteiger charge is 2.18. The predicted octanol–water partition coefficient (Wildman–Crippen LogP) is 0.332. The Morgan fingerprint density at radius 3 is 2.71 bits per heavy atom. The van der Waals surface area contributed by atoms with Gasteiger partial charge in [-0.05, 0) is 18.4 Å². The van der Waals surface area contributed by atoms with Gasteiger partial charge in [-0.2, -0.15) is 11.8 Å². The van der Waals surface area contributed by atoms with E-state index < -0.39 is 17.9 Å². The molecule has 5 heteroatoms. The Bertz CT molecular complexity index is 247. The lowest BCUT2D eigenvalue weighted by Gasteiger charge is -2.12. The molecule has 0 aliphatic carbocycles. The van der Waals surface area contributed by atoms with Gasteiger partial charge in [0.2, 0.25) is 5.91 Å². The average Bonchev–Trinajstić information content (AvgIpc) is 2.12. The van der Waals surface area contributed by atoms with Gasteiger partial charge in [0.25, 0.3) is 0 Å². The van der Waals surface area contributed by atoms with E-state index in [4.69, 9.17) is 11.5 Å². The molecule has 4 nitrogen and oxygen atoms in total. The molecule has 0 aromatic rings. The summed E-state index contributed by atoms with van der Waals surface area (Å²) in [5.41, 5.74) is 0.